The summed E-state index contributed by atoms with van der Waals surface area (Å²) in [6.45, 7) is -0.0834. The summed E-state index contributed by atoms with van der Waals surface area (Å²) in [5.41, 5.74) is 6.88. The average Bonchev–Trinajstić information content (AvgIpc) is 2.46. The minimum Gasteiger partial charge on any atom is -0.483 e. The first-order valence-electron chi connectivity index (χ1n) is 6.13. The number of para-hydroxylation sites is 1. The van der Waals surface area contributed by atoms with Gasteiger partial charge in [-0.25, -0.2) is 0 Å². The normalized spacial score (nSPS) is 9.95. The molecule has 0 unspecified atom stereocenters. The van der Waals surface area contributed by atoms with Crippen molar-refractivity contribution in [2.75, 3.05) is 11.9 Å². The number of hydrogen-bond acceptors (Lipinski definition) is 3. The van der Waals surface area contributed by atoms with Crippen LogP contribution in [0.5, 0.6) is 5.75 Å². The van der Waals surface area contributed by atoms with E-state index in [1.165, 1.54) is 0 Å². The Morgan fingerprint density at radius 1 is 1.24 bits per heavy atom. The molecule has 2 aromatic carbocycles. The number of halogens is 1. The maximum absolute atomic E-state index is 11.9. The van der Waals surface area contributed by atoms with Crippen molar-refractivity contribution < 1.29 is 9.53 Å². The zero-order valence-corrected chi connectivity index (χ0v) is 13.4. The number of nitrogens with one attached hydrogen (secondary N) is 1. The molecule has 2 rings (SSSR count). The number of thiocarbonyl (C=S) groups is 1. The predicted octanol–water partition coefficient (Wildman–Crippen LogP) is 3.10. The lowest BCUT2D eigenvalue weighted by Gasteiger charge is -2.09. The van der Waals surface area contributed by atoms with Crippen LogP contribution in [0.4, 0.5) is 5.69 Å². The second-order valence-corrected chi connectivity index (χ2v) is 5.51. The largest absolute Gasteiger partial charge is 0.483 e. The third kappa shape index (κ3) is 4.54. The highest BCUT2D eigenvalue weighted by Crippen LogP contribution is 2.23. The highest BCUT2D eigenvalue weighted by atomic mass is 79.9. The van der Waals surface area contributed by atoms with E-state index in [4.69, 9.17) is 22.7 Å². The van der Waals surface area contributed by atoms with E-state index >= 15 is 0 Å². The van der Waals surface area contributed by atoms with E-state index in [1.54, 1.807) is 30.3 Å². The van der Waals surface area contributed by atoms with Crippen LogP contribution in [0.2, 0.25) is 0 Å². The molecule has 0 aliphatic heterocycles. The third-order valence-electron chi connectivity index (χ3n) is 2.63. The van der Waals surface area contributed by atoms with Crippen LogP contribution in [0, 0.1) is 0 Å². The number of benzene rings is 2. The van der Waals surface area contributed by atoms with Crippen LogP contribution in [-0.2, 0) is 4.79 Å². The highest BCUT2D eigenvalue weighted by molar-refractivity contribution is 9.10. The smallest absolute Gasteiger partial charge is 0.262 e. The Kier molecular flexibility index (Phi) is 5.30. The first kappa shape index (κ1) is 15.5. The van der Waals surface area contributed by atoms with Crippen molar-refractivity contribution in [2.45, 2.75) is 0 Å². The van der Waals surface area contributed by atoms with E-state index in [0.29, 0.717) is 17.0 Å². The van der Waals surface area contributed by atoms with Crippen LogP contribution in [0.15, 0.2) is 53.0 Å². The van der Waals surface area contributed by atoms with Gasteiger partial charge in [-0.2, -0.15) is 0 Å². The fraction of sp³-hybridized carbons (Fsp3) is 0.0667. The Morgan fingerprint density at radius 3 is 2.71 bits per heavy atom. The second kappa shape index (κ2) is 7.19. The molecule has 0 aliphatic carbocycles. The standard InChI is InChI=1S/C15H13BrN2O2S/c16-12-6-1-2-7-13(12)20-9-14(19)18-11-5-3-4-10(8-11)15(17)21/h1-8H,9H2,(H2,17,21)(H,18,19). The van der Waals surface area contributed by atoms with Crippen LogP contribution in [-0.4, -0.2) is 17.5 Å². The number of nitrogens with two attached hydrogens (primary N) is 1. The average molecular weight is 365 g/mol. The second-order valence-electron chi connectivity index (χ2n) is 4.21. The SMILES string of the molecule is NC(=S)c1cccc(NC(=O)COc2ccccc2Br)c1. The van der Waals surface area contributed by atoms with Crippen molar-refractivity contribution in [2.24, 2.45) is 5.73 Å². The monoisotopic (exact) mass is 364 g/mol. The molecule has 0 bridgehead atoms. The van der Waals surface area contributed by atoms with Gasteiger partial charge in [0.25, 0.3) is 5.91 Å². The molecule has 0 spiro atoms. The zero-order chi connectivity index (χ0) is 15.2. The van der Waals surface area contributed by atoms with E-state index in [1.807, 2.05) is 18.2 Å². The summed E-state index contributed by atoms with van der Waals surface area (Å²) in [4.78, 5) is 12.2. The van der Waals surface area contributed by atoms with Crippen molar-refractivity contribution in [1.29, 1.82) is 0 Å². The molecule has 0 atom stereocenters. The number of anilines is 1. The summed E-state index contributed by atoms with van der Waals surface area (Å²) in [5, 5.41) is 2.73. The summed E-state index contributed by atoms with van der Waals surface area (Å²) in [6.07, 6.45) is 0. The number of carbonyl (C=O) groups is 1. The van der Waals surface area contributed by atoms with Gasteiger partial charge in [0.1, 0.15) is 10.7 Å². The Labute approximate surface area is 136 Å². The first-order valence-corrected chi connectivity index (χ1v) is 7.33. The maximum Gasteiger partial charge on any atom is 0.262 e. The van der Waals surface area contributed by atoms with Crippen molar-refractivity contribution in [3.63, 3.8) is 0 Å². The number of amides is 1. The number of hydrogen-bond donors (Lipinski definition) is 2. The Bertz CT molecular complexity index is 676. The van der Waals surface area contributed by atoms with Gasteiger partial charge in [-0.15, -0.1) is 0 Å². The molecule has 0 saturated heterocycles. The van der Waals surface area contributed by atoms with Crippen molar-refractivity contribution >= 4 is 44.7 Å². The van der Waals surface area contributed by atoms with Crippen molar-refractivity contribution in [3.8, 4) is 5.75 Å². The molecule has 6 heteroatoms. The topological polar surface area (TPSA) is 64.3 Å². The molecular weight excluding hydrogens is 352 g/mol. The molecule has 0 heterocycles. The molecule has 4 nitrogen and oxygen atoms in total. The molecule has 0 aliphatic rings. The van der Waals surface area contributed by atoms with Gasteiger partial charge in [0, 0.05) is 11.3 Å². The molecule has 108 valence electrons. The van der Waals surface area contributed by atoms with Gasteiger partial charge in [0.15, 0.2) is 6.61 Å². The van der Waals surface area contributed by atoms with Crippen LogP contribution in [0.1, 0.15) is 5.56 Å². The fourth-order valence-electron chi connectivity index (χ4n) is 1.65. The lowest BCUT2D eigenvalue weighted by molar-refractivity contribution is -0.118. The van der Waals surface area contributed by atoms with Gasteiger partial charge in [-0.05, 0) is 40.2 Å². The van der Waals surface area contributed by atoms with Crippen LogP contribution >= 0.6 is 28.1 Å². The molecule has 1 amide bonds. The van der Waals surface area contributed by atoms with Crippen molar-refractivity contribution in [3.05, 3.63) is 58.6 Å². The van der Waals surface area contributed by atoms with Gasteiger partial charge < -0.3 is 15.8 Å². The minimum absolute atomic E-state index is 0.0834. The predicted molar refractivity (Wildman–Crippen MR) is 90.6 cm³/mol. The molecule has 0 fully saturated rings. The van der Waals surface area contributed by atoms with E-state index in [0.717, 1.165) is 4.47 Å². The van der Waals surface area contributed by atoms with E-state index < -0.39 is 0 Å². The summed E-state index contributed by atoms with van der Waals surface area (Å²) in [6, 6.07) is 14.4. The van der Waals surface area contributed by atoms with Gasteiger partial charge in [0.05, 0.1) is 4.47 Å². The molecular formula is C15H13BrN2O2S. The van der Waals surface area contributed by atoms with E-state index in [9.17, 15) is 4.79 Å². The summed E-state index contributed by atoms with van der Waals surface area (Å²) in [7, 11) is 0. The summed E-state index contributed by atoms with van der Waals surface area (Å²) < 4.78 is 6.24. The molecule has 0 aromatic heterocycles. The number of rotatable bonds is 5. The third-order valence-corrected chi connectivity index (χ3v) is 3.52. The van der Waals surface area contributed by atoms with Gasteiger partial charge in [-0.3, -0.25) is 4.79 Å². The quantitative estimate of drug-likeness (QED) is 0.800. The molecule has 0 radical (unpaired) electrons. The van der Waals surface area contributed by atoms with Crippen LogP contribution in [0.3, 0.4) is 0 Å². The Hall–Kier alpha value is -1.92. The summed E-state index contributed by atoms with van der Waals surface area (Å²) in [5.74, 6) is 0.357. The molecule has 21 heavy (non-hydrogen) atoms. The lowest BCUT2D eigenvalue weighted by Crippen LogP contribution is -2.20. The van der Waals surface area contributed by atoms with Gasteiger partial charge in [0.2, 0.25) is 0 Å². The number of ether oxygens (including phenoxy) is 1. The lowest BCUT2D eigenvalue weighted by atomic mass is 10.2. The first-order chi connectivity index (χ1) is 10.1. The fourth-order valence-corrected chi connectivity index (χ4v) is 2.18. The number of carbonyl (C=O) groups excluding carboxylic acids is 1. The van der Waals surface area contributed by atoms with Crippen molar-refractivity contribution in [1.82, 2.24) is 0 Å². The molecule has 0 saturated carbocycles. The van der Waals surface area contributed by atoms with Gasteiger partial charge in [-0.1, -0.05) is 36.5 Å². The van der Waals surface area contributed by atoms with E-state index in [2.05, 4.69) is 21.2 Å². The van der Waals surface area contributed by atoms with Crippen LogP contribution in [0.25, 0.3) is 0 Å². The Balaban J connectivity index is 1.95. The Morgan fingerprint density at radius 2 is 2.00 bits per heavy atom. The minimum atomic E-state index is -0.258. The van der Waals surface area contributed by atoms with Crippen LogP contribution < -0.4 is 15.8 Å². The molecule has 3 N–H and O–H groups in total. The van der Waals surface area contributed by atoms with E-state index in [-0.39, 0.29) is 17.5 Å². The molecule has 2 aromatic rings. The summed E-state index contributed by atoms with van der Waals surface area (Å²) >= 11 is 8.25. The highest BCUT2D eigenvalue weighted by Gasteiger charge is 2.06. The maximum atomic E-state index is 11.9. The van der Waals surface area contributed by atoms with Gasteiger partial charge >= 0.3 is 0 Å². The zero-order valence-electron chi connectivity index (χ0n) is 11.0.